The Bertz CT molecular complexity index is 666. The van der Waals surface area contributed by atoms with Crippen molar-refractivity contribution in [2.24, 2.45) is 0 Å². The predicted molar refractivity (Wildman–Crippen MR) is 94.2 cm³/mol. The SMILES string of the molecule is CCCC(NC(=O)c1ccc(OC)cc1)c1ccc(NC=O)cc1. The van der Waals surface area contributed by atoms with Gasteiger partial charge in [-0.3, -0.25) is 9.59 Å². The molecule has 0 aliphatic rings. The van der Waals surface area contributed by atoms with Gasteiger partial charge in [-0.05, 0) is 48.4 Å². The molecular weight excluding hydrogens is 304 g/mol. The highest BCUT2D eigenvalue weighted by Gasteiger charge is 2.15. The number of ether oxygens (including phenoxy) is 1. The number of carbonyl (C=O) groups is 2. The summed E-state index contributed by atoms with van der Waals surface area (Å²) in [6.07, 6.45) is 2.42. The molecule has 2 amide bonds. The van der Waals surface area contributed by atoms with Crippen LogP contribution in [0.1, 0.15) is 41.7 Å². The van der Waals surface area contributed by atoms with Crippen molar-refractivity contribution >= 4 is 18.0 Å². The largest absolute Gasteiger partial charge is 0.497 e. The zero-order valence-electron chi connectivity index (χ0n) is 13.9. The molecule has 0 fully saturated rings. The minimum absolute atomic E-state index is 0.0742. The number of anilines is 1. The molecule has 1 atom stereocenters. The lowest BCUT2D eigenvalue weighted by molar-refractivity contribution is -0.105. The van der Waals surface area contributed by atoms with Crippen LogP contribution in [0.5, 0.6) is 5.75 Å². The van der Waals surface area contributed by atoms with E-state index < -0.39 is 0 Å². The molecule has 0 aliphatic carbocycles. The van der Waals surface area contributed by atoms with Gasteiger partial charge in [0.15, 0.2) is 0 Å². The molecule has 5 nitrogen and oxygen atoms in total. The van der Waals surface area contributed by atoms with E-state index >= 15 is 0 Å². The quantitative estimate of drug-likeness (QED) is 0.729. The first-order valence-electron chi connectivity index (χ1n) is 7.93. The van der Waals surface area contributed by atoms with Gasteiger partial charge in [-0.2, -0.15) is 0 Å². The molecule has 2 aromatic carbocycles. The first-order chi connectivity index (χ1) is 11.7. The van der Waals surface area contributed by atoms with E-state index in [0.29, 0.717) is 12.0 Å². The summed E-state index contributed by atoms with van der Waals surface area (Å²) >= 11 is 0. The third kappa shape index (κ3) is 4.59. The fourth-order valence-electron chi connectivity index (χ4n) is 2.47. The van der Waals surface area contributed by atoms with Gasteiger partial charge in [0.25, 0.3) is 5.91 Å². The van der Waals surface area contributed by atoms with Crippen molar-refractivity contribution < 1.29 is 14.3 Å². The molecule has 126 valence electrons. The zero-order valence-corrected chi connectivity index (χ0v) is 13.9. The Balaban J connectivity index is 2.11. The van der Waals surface area contributed by atoms with Crippen LogP contribution in [0.15, 0.2) is 48.5 Å². The Morgan fingerprint density at radius 1 is 1.12 bits per heavy atom. The molecule has 5 heteroatoms. The van der Waals surface area contributed by atoms with Gasteiger partial charge in [0.05, 0.1) is 13.2 Å². The monoisotopic (exact) mass is 326 g/mol. The van der Waals surface area contributed by atoms with Crippen molar-refractivity contribution in [2.75, 3.05) is 12.4 Å². The van der Waals surface area contributed by atoms with Gasteiger partial charge in [0.2, 0.25) is 6.41 Å². The van der Waals surface area contributed by atoms with Gasteiger partial charge in [-0.25, -0.2) is 0 Å². The van der Waals surface area contributed by atoms with Crippen LogP contribution in [0, 0.1) is 0 Å². The van der Waals surface area contributed by atoms with Crippen molar-refractivity contribution in [3.8, 4) is 5.75 Å². The van der Waals surface area contributed by atoms with Crippen LogP contribution in [0.4, 0.5) is 5.69 Å². The fourth-order valence-corrected chi connectivity index (χ4v) is 2.47. The Morgan fingerprint density at radius 3 is 2.33 bits per heavy atom. The first-order valence-corrected chi connectivity index (χ1v) is 7.93. The van der Waals surface area contributed by atoms with Crippen LogP contribution < -0.4 is 15.4 Å². The first kappa shape index (κ1) is 17.5. The van der Waals surface area contributed by atoms with Crippen LogP contribution >= 0.6 is 0 Å². The van der Waals surface area contributed by atoms with Gasteiger partial charge in [-0.1, -0.05) is 25.5 Å². The van der Waals surface area contributed by atoms with Crippen LogP contribution in [0.25, 0.3) is 0 Å². The molecule has 1 unspecified atom stereocenters. The Labute approximate surface area is 142 Å². The lowest BCUT2D eigenvalue weighted by Gasteiger charge is -2.19. The molecule has 0 heterocycles. The Hall–Kier alpha value is -2.82. The summed E-state index contributed by atoms with van der Waals surface area (Å²) in [6.45, 7) is 2.08. The third-order valence-electron chi connectivity index (χ3n) is 3.77. The molecule has 0 saturated heterocycles. The Kier molecular flexibility index (Phi) is 6.37. The predicted octanol–water partition coefficient (Wildman–Crippen LogP) is 3.53. The van der Waals surface area contributed by atoms with Crippen LogP contribution in [-0.4, -0.2) is 19.4 Å². The second-order valence-corrected chi connectivity index (χ2v) is 5.43. The zero-order chi connectivity index (χ0) is 17.4. The second-order valence-electron chi connectivity index (χ2n) is 5.43. The van der Waals surface area contributed by atoms with E-state index in [2.05, 4.69) is 17.6 Å². The molecule has 0 bridgehead atoms. The molecule has 0 spiro atoms. The maximum atomic E-state index is 12.5. The third-order valence-corrected chi connectivity index (χ3v) is 3.77. The number of amides is 2. The molecule has 0 aromatic heterocycles. The van der Waals surface area contributed by atoms with Crippen molar-refractivity contribution in [2.45, 2.75) is 25.8 Å². The van der Waals surface area contributed by atoms with Crippen LogP contribution in [0.2, 0.25) is 0 Å². The van der Waals surface area contributed by atoms with Gasteiger partial charge < -0.3 is 15.4 Å². The van der Waals surface area contributed by atoms with E-state index in [9.17, 15) is 9.59 Å². The normalized spacial score (nSPS) is 11.4. The molecular formula is C19H22N2O3. The highest BCUT2D eigenvalue weighted by molar-refractivity contribution is 5.94. The van der Waals surface area contributed by atoms with Crippen LogP contribution in [-0.2, 0) is 4.79 Å². The average Bonchev–Trinajstić information content (AvgIpc) is 2.62. The fraction of sp³-hybridized carbons (Fsp3) is 0.263. The van der Waals surface area contributed by atoms with Crippen molar-refractivity contribution in [3.05, 3.63) is 59.7 Å². The molecule has 24 heavy (non-hydrogen) atoms. The summed E-state index contributed by atoms with van der Waals surface area (Å²) in [7, 11) is 1.59. The standard InChI is InChI=1S/C19H22N2O3/c1-3-4-18(14-5-9-16(10-6-14)20-13-22)21-19(23)15-7-11-17(24-2)12-8-15/h5-13,18H,3-4H2,1-2H3,(H,20,22)(H,21,23). The topological polar surface area (TPSA) is 67.4 Å². The smallest absolute Gasteiger partial charge is 0.251 e. The van der Waals surface area contributed by atoms with E-state index in [0.717, 1.165) is 29.8 Å². The van der Waals surface area contributed by atoms with E-state index in [1.54, 1.807) is 31.4 Å². The molecule has 0 aliphatic heterocycles. The number of benzene rings is 2. The minimum Gasteiger partial charge on any atom is -0.497 e. The van der Waals surface area contributed by atoms with Crippen molar-refractivity contribution in [1.82, 2.24) is 5.32 Å². The summed E-state index contributed by atoms with van der Waals surface area (Å²) in [6, 6.07) is 14.4. The number of nitrogens with one attached hydrogen (secondary N) is 2. The van der Waals surface area contributed by atoms with E-state index in [1.807, 2.05) is 24.3 Å². The van der Waals surface area contributed by atoms with Gasteiger partial charge in [0, 0.05) is 11.3 Å². The number of hydrogen-bond donors (Lipinski definition) is 2. The van der Waals surface area contributed by atoms with E-state index in [4.69, 9.17) is 4.74 Å². The number of rotatable bonds is 8. The minimum atomic E-state index is -0.119. The summed E-state index contributed by atoms with van der Waals surface area (Å²) in [4.78, 5) is 22.9. The van der Waals surface area contributed by atoms with Crippen LogP contribution in [0.3, 0.4) is 0 Å². The Morgan fingerprint density at radius 2 is 1.79 bits per heavy atom. The molecule has 2 aromatic rings. The maximum absolute atomic E-state index is 12.5. The lowest BCUT2D eigenvalue weighted by atomic mass is 10.0. The van der Waals surface area contributed by atoms with Gasteiger partial charge in [0.1, 0.15) is 5.75 Å². The number of hydrogen-bond acceptors (Lipinski definition) is 3. The maximum Gasteiger partial charge on any atom is 0.251 e. The molecule has 2 rings (SSSR count). The summed E-state index contributed by atoms with van der Waals surface area (Å²) in [5.41, 5.74) is 2.33. The molecule has 2 N–H and O–H groups in total. The number of carbonyl (C=O) groups excluding carboxylic acids is 2. The second kappa shape index (κ2) is 8.72. The summed E-state index contributed by atoms with van der Waals surface area (Å²) in [5.74, 6) is 0.598. The molecule has 0 saturated carbocycles. The van der Waals surface area contributed by atoms with Gasteiger partial charge in [-0.15, -0.1) is 0 Å². The highest BCUT2D eigenvalue weighted by Crippen LogP contribution is 2.21. The van der Waals surface area contributed by atoms with E-state index in [1.165, 1.54) is 0 Å². The average molecular weight is 326 g/mol. The lowest BCUT2D eigenvalue weighted by Crippen LogP contribution is -2.28. The molecule has 0 radical (unpaired) electrons. The van der Waals surface area contributed by atoms with E-state index in [-0.39, 0.29) is 11.9 Å². The van der Waals surface area contributed by atoms with Crippen molar-refractivity contribution in [3.63, 3.8) is 0 Å². The number of methoxy groups -OCH3 is 1. The summed E-state index contributed by atoms with van der Waals surface area (Å²) < 4.78 is 5.11. The van der Waals surface area contributed by atoms with Crippen molar-refractivity contribution in [1.29, 1.82) is 0 Å². The van der Waals surface area contributed by atoms with Gasteiger partial charge >= 0.3 is 0 Å². The highest BCUT2D eigenvalue weighted by atomic mass is 16.5. The summed E-state index contributed by atoms with van der Waals surface area (Å²) in [5, 5.41) is 5.67.